The van der Waals surface area contributed by atoms with Crippen LogP contribution in [0, 0.1) is 11.7 Å². The average molecular weight is 441 g/mol. The van der Waals surface area contributed by atoms with Gasteiger partial charge >= 0.3 is 0 Å². The first-order chi connectivity index (χ1) is 15.5. The van der Waals surface area contributed by atoms with Gasteiger partial charge in [0.1, 0.15) is 12.4 Å². The maximum Gasteiger partial charge on any atom is 0.257 e. The lowest BCUT2D eigenvalue weighted by molar-refractivity contribution is -0.133. The number of aromatic nitrogens is 1. The van der Waals surface area contributed by atoms with Crippen LogP contribution in [-0.2, 0) is 11.3 Å². The van der Waals surface area contributed by atoms with Crippen molar-refractivity contribution in [3.8, 4) is 0 Å². The third kappa shape index (κ3) is 5.62. The molecule has 8 heteroatoms. The molecular formula is C24H29FN4O3. The maximum absolute atomic E-state index is 13.1. The predicted molar refractivity (Wildman–Crippen MR) is 120 cm³/mol. The molecule has 3 heterocycles. The Labute approximate surface area is 186 Å². The molecule has 170 valence electrons. The van der Waals surface area contributed by atoms with Gasteiger partial charge in [-0.15, -0.1) is 0 Å². The summed E-state index contributed by atoms with van der Waals surface area (Å²) in [5, 5.41) is 2.67. The summed E-state index contributed by atoms with van der Waals surface area (Å²) in [5.74, 6) is -0.457. The molecule has 0 saturated carbocycles. The molecule has 2 fully saturated rings. The Hall–Kier alpha value is -3.00. The van der Waals surface area contributed by atoms with Crippen molar-refractivity contribution >= 4 is 17.5 Å². The van der Waals surface area contributed by atoms with Crippen LogP contribution in [0.1, 0.15) is 36.0 Å². The van der Waals surface area contributed by atoms with Crippen molar-refractivity contribution < 1.29 is 14.0 Å². The van der Waals surface area contributed by atoms with Crippen molar-refractivity contribution in [3.63, 3.8) is 0 Å². The molecule has 0 aliphatic carbocycles. The standard InChI is InChI=1S/C24H29FN4O3/c25-20-6-8-21(9-7-20)26-24(32)19-5-10-22(30)29(16-19)17-23(31)28-13-3-4-18(15-28)14-27-11-1-2-12-27/h5-10,16,18H,1-4,11-15,17H2,(H,26,32)/t18-/m0/s1. The van der Waals surface area contributed by atoms with Gasteiger partial charge in [-0.1, -0.05) is 0 Å². The molecule has 0 bridgehead atoms. The van der Waals surface area contributed by atoms with Crippen LogP contribution in [0.5, 0.6) is 0 Å². The molecule has 0 unspecified atom stereocenters. The van der Waals surface area contributed by atoms with E-state index >= 15 is 0 Å². The number of rotatable bonds is 6. The van der Waals surface area contributed by atoms with Crippen LogP contribution in [-0.4, -0.2) is 58.9 Å². The van der Waals surface area contributed by atoms with E-state index in [4.69, 9.17) is 0 Å². The highest BCUT2D eigenvalue weighted by atomic mass is 19.1. The summed E-state index contributed by atoms with van der Waals surface area (Å²) in [6.45, 7) is 4.65. The Bertz CT molecular complexity index is 1010. The fraction of sp³-hybridized carbons (Fsp3) is 0.458. The van der Waals surface area contributed by atoms with E-state index in [-0.39, 0.29) is 23.6 Å². The molecule has 2 amide bonds. The van der Waals surface area contributed by atoms with Crippen molar-refractivity contribution in [2.24, 2.45) is 5.92 Å². The number of nitrogens with zero attached hydrogens (tertiary/aromatic N) is 3. The Kier molecular flexibility index (Phi) is 6.99. The zero-order chi connectivity index (χ0) is 22.5. The molecule has 2 saturated heterocycles. The minimum absolute atomic E-state index is 0.0903. The molecule has 32 heavy (non-hydrogen) atoms. The highest BCUT2D eigenvalue weighted by Crippen LogP contribution is 2.20. The summed E-state index contributed by atoms with van der Waals surface area (Å²) in [6, 6.07) is 8.15. The van der Waals surface area contributed by atoms with E-state index in [1.807, 2.05) is 4.90 Å². The molecule has 0 spiro atoms. The fourth-order valence-electron chi connectivity index (χ4n) is 4.54. The molecule has 0 radical (unpaired) electrons. The average Bonchev–Trinajstić information content (AvgIpc) is 3.30. The van der Waals surface area contributed by atoms with Crippen molar-refractivity contribution in [1.82, 2.24) is 14.4 Å². The highest BCUT2D eigenvalue weighted by molar-refractivity contribution is 6.04. The molecular weight excluding hydrogens is 411 g/mol. The second-order valence-electron chi connectivity index (χ2n) is 8.70. The molecule has 2 aliphatic rings. The van der Waals surface area contributed by atoms with E-state index in [0.29, 0.717) is 18.2 Å². The summed E-state index contributed by atoms with van der Waals surface area (Å²) in [4.78, 5) is 42.1. The van der Waals surface area contributed by atoms with E-state index in [1.54, 1.807) is 0 Å². The molecule has 7 nitrogen and oxygen atoms in total. The van der Waals surface area contributed by atoms with E-state index in [2.05, 4.69) is 10.2 Å². The van der Waals surface area contributed by atoms with E-state index < -0.39 is 11.7 Å². The second kappa shape index (κ2) is 10.1. The number of hydrogen-bond donors (Lipinski definition) is 1. The monoisotopic (exact) mass is 440 g/mol. The molecule has 2 aliphatic heterocycles. The third-order valence-electron chi connectivity index (χ3n) is 6.24. The molecule has 1 aromatic carbocycles. The number of hydrogen-bond acceptors (Lipinski definition) is 4. The maximum atomic E-state index is 13.1. The smallest absolute Gasteiger partial charge is 0.257 e. The topological polar surface area (TPSA) is 74.6 Å². The first-order valence-corrected chi connectivity index (χ1v) is 11.3. The van der Waals surface area contributed by atoms with Gasteiger partial charge in [0.15, 0.2) is 0 Å². The lowest BCUT2D eigenvalue weighted by Crippen LogP contribution is -2.45. The Morgan fingerprint density at radius 1 is 1.00 bits per heavy atom. The largest absolute Gasteiger partial charge is 0.341 e. The van der Waals surface area contributed by atoms with E-state index in [1.165, 1.54) is 60.0 Å². The number of pyridine rings is 1. The van der Waals surface area contributed by atoms with Crippen molar-refractivity contribution in [3.05, 3.63) is 64.3 Å². The Morgan fingerprint density at radius 3 is 2.50 bits per heavy atom. The lowest BCUT2D eigenvalue weighted by atomic mass is 9.97. The van der Waals surface area contributed by atoms with E-state index in [0.717, 1.165) is 39.0 Å². The quantitative estimate of drug-likeness (QED) is 0.749. The third-order valence-corrected chi connectivity index (χ3v) is 6.24. The number of carbonyl (C=O) groups excluding carboxylic acids is 2. The first-order valence-electron chi connectivity index (χ1n) is 11.3. The molecule has 1 atom stereocenters. The van der Waals surface area contributed by atoms with E-state index in [9.17, 15) is 18.8 Å². The minimum atomic E-state index is -0.429. The fourth-order valence-corrected chi connectivity index (χ4v) is 4.54. The summed E-state index contributed by atoms with van der Waals surface area (Å²) >= 11 is 0. The van der Waals surface area contributed by atoms with Gasteiger partial charge in [0.2, 0.25) is 5.91 Å². The number of carbonyl (C=O) groups is 2. The minimum Gasteiger partial charge on any atom is -0.341 e. The predicted octanol–water partition coefficient (Wildman–Crippen LogP) is 2.57. The van der Waals surface area contributed by atoms with Crippen molar-refractivity contribution in [2.45, 2.75) is 32.2 Å². The van der Waals surface area contributed by atoms with Crippen molar-refractivity contribution in [2.75, 3.05) is 38.0 Å². The molecule has 4 rings (SSSR count). The SMILES string of the molecule is O=C(Nc1ccc(F)cc1)c1ccc(=O)n(CC(=O)N2CCC[C@@H](CN3CCCC3)C2)c1. The van der Waals surface area contributed by atoms with Gasteiger partial charge in [0.25, 0.3) is 11.5 Å². The first kappa shape index (κ1) is 22.2. The Morgan fingerprint density at radius 2 is 1.75 bits per heavy atom. The van der Waals surface area contributed by atoms with Crippen LogP contribution >= 0.6 is 0 Å². The molecule has 2 aromatic rings. The Balaban J connectivity index is 1.38. The number of piperidine rings is 1. The van der Waals surface area contributed by atoms with Crippen LogP contribution in [0.2, 0.25) is 0 Å². The number of amides is 2. The summed E-state index contributed by atoms with van der Waals surface area (Å²) in [6.07, 6.45) is 6.01. The van der Waals surface area contributed by atoms with Gasteiger partial charge in [-0.2, -0.15) is 0 Å². The molecule has 1 aromatic heterocycles. The number of likely N-dealkylation sites (tertiary alicyclic amines) is 2. The van der Waals surface area contributed by atoms with Gasteiger partial charge in [-0.25, -0.2) is 4.39 Å². The van der Waals surface area contributed by atoms with Crippen molar-refractivity contribution in [1.29, 1.82) is 0 Å². The lowest BCUT2D eigenvalue weighted by Gasteiger charge is -2.34. The van der Waals surface area contributed by atoms with Gasteiger partial charge in [-0.05, 0) is 75.0 Å². The van der Waals surface area contributed by atoms with Crippen LogP contribution < -0.4 is 10.9 Å². The number of anilines is 1. The number of nitrogens with one attached hydrogen (secondary N) is 1. The van der Waals surface area contributed by atoms with Gasteiger partial charge in [0, 0.05) is 37.6 Å². The van der Waals surface area contributed by atoms with Crippen LogP contribution in [0.15, 0.2) is 47.4 Å². The van der Waals surface area contributed by atoms with Crippen LogP contribution in [0.3, 0.4) is 0 Å². The summed E-state index contributed by atoms with van der Waals surface area (Å²) < 4.78 is 14.3. The number of benzene rings is 1. The zero-order valence-corrected chi connectivity index (χ0v) is 18.1. The normalized spacial score (nSPS) is 19.2. The second-order valence-corrected chi connectivity index (χ2v) is 8.70. The van der Waals surface area contributed by atoms with Crippen LogP contribution in [0.25, 0.3) is 0 Å². The van der Waals surface area contributed by atoms with Gasteiger partial charge in [-0.3, -0.25) is 14.4 Å². The zero-order valence-electron chi connectivity index (χ0n) is 18.1. The highest BCUT2D eigenvalue weighted by Gasteiger charge is 2.26. The van der Waals surface area contributed by atoms with Gasteiger partial charge in [0.05, 0.1) is 5.56 Å². The number of halogens is 1. The summed E-state index contributed by atoms with van der Waals surface area (Å²) in [5.41, 5.74) is 0.372. The summed E-state index contributed by atoms with van der Waals surface area (Å²) in [7, 11) is 0. The van der Waals surface area contributed by atoms with Crippen LogP contribution in [0.4, 0.5) is 10.1 Å². The van der Waals surface area contributed by atoms with Gasteiger partial charge < -0.3 is 19.7 Å². The molecule has 1 N–H and O–H groups in total.